The number of nitrogens with one attached hydrogen (secondary N) is 1. The highest BCUT2D eigenvalue weighted by Crippen LogP contribution is 2.30. The standard InChI is InChI=1S/C23H20N2O5/c26-22(24-13-18-14-28-20-7-3-4-8-21(20)30-18)15-29-23(27)12-11-17-10-9-16-5-1-2-6-19(16)25-17/h1-12,18H,13-15H2,(H,24,26). The Morgan fingerprint density at radius 2 is 1.87 bits per heavy atom. The van der Waals surface area contributed by atoms with Gasteiger partial charge < -0.3 is 19.5 Å². The highest BCUT2D eigenvalue weighted by molar-refractivity contribution is 5.89. The number of amides is 1. The summed E-state index contributed by atoms with van der Waals surface area (Å²) >= 11 is 0. The van der Waals surface area contributed by atoms with E-state index in [9.17, 15) is 9.59 Å². The van der Waals surface area contributed by atoms with E-state index < -0.39 is 11.9 Å². The van der Waals surface area contributed by atoms with Crippen LogP contribution in [0.2, 0.25) is 0 Å². The molecule has 4 rings (SSSR count). The zero-order valence-electron chi connectivity index (χ0n) is 16.1. The predicted molar refractivity (Wildman–Crippen MR) is 111 cm³/mol. The normalized spacial score (nSPS) is 15.1. The first-order chi connectivity index (χ1) is 14.7. The Morgan fingerprint density at radius 3 is 2.77 bits per heavy atom. The number of esters is 1. The number of hydrogen-bond acceptors (Lipinski definition) is 6. The third-order valence-corrected chi connectivity index (χ3v) is 4.45. The second-order valence-electron chi connectivity index (χ2n) is 6.67. The molecule has 2 heterocycles. The fourth-order valence-corrected chi connectivity index (χ4v) is 2.96. The van der Waals surface area contributed by atoms with Crippen molar-refractivity contribution in [2.75, 3.05) is 19.8 Å². The smallest absolute Gasteiger partial charge is 0.331 e. The largest absolute Gasteiger partial charge is 0.486 e. The third kappa shape index (κ3) is 4.94. The van der Waals surface area contributed by atoms with E-state index in [1.54, 1.807) is 6.08 Å². The van der Waals surface area contributed by atoms with E-state index in [1.807, 2.05) is 60.7 Å². The maximum absolute atomic E-state index is 11.9. The average molecular weight is 404 g/mol. The van der Waals surface area contributed by atoms with E-state index in [0.29, 0.717) is 23.8 Å². The first-order valence-corrected chi connectivity index (χ1v) is 9.53. The summed E-state index contributed by atoms with van der Waals surface area (Å²) in [5.41, 5.74) is 1.47. The van der Waals surface area contributed by atoms with Crippen molar-refractivity contribution in [2.45, 2.75) is 6.10 Å². The maximum atomic E-state index is 11.9. The summed E-state index contributed by atoms with van der Waals surface area (Å²) in [4.78, 5) is 28.2. The molecule has 1 aromatic heterocycles. The number of ether oxygens (including phenoxy) is 3. The van der Waals surface area contributed by atoms with Crippen molar-refractivity contribution in [3.05, 3.63) is 72.4 Å². The van der Waals surface area contributed by atoms with Gasteiger partial charge in [-0.15, -0.1) is 0 Å². The van der Waals surface area contributed by atoms with Gasteiger partial charge in [0.05, 0.1) is 17.8 Å². The van der Waals surface area contributed by atoms with Crippen molar-refractivity contribution < 1.29 is 23.8 Å². The zero-order valence-corrected chi connectivity index (χ0v) is 16.1. The quantitative estimate of drug-likeness (QED) is 0.502. The van der Waals surface area contributed by atoms with Crippen LogP contribution in [0, 0.1) is 0 Å². The topological polar surface area (TPSA) is 86.8 Å². The van der Waals surface area contributed by atoms with Gasteiger partial charge in [0.1, 0.15) is 12.7 Å². The maximum Gasteiger partial charge on any atom is 0.331 e. The van der Waals surface area contributed by atoms with Crippen LogP contribution in [-0.4, -0.2) is 42.7 Å². The minimum atomic E-state index is -0.619. The molecule has 0 saturated carbocycles. The molecule has 0 fully saturated rings. The highest BCUT2D eigenvalue weighted by atomic mass is 16.6. The zero-order chi connectivity index (χ0) is 20.8. The Balaban J connectivity index is 1.21. The molecule has 0 radical (unpaired) electrons. The molecular formula is C23H20N2O5. The van der Waals surface area contributed by atoms with Crippen LogP contribution in [0.1, 0.15) is 5.69 Å². The molecule has 1 atom stereocenters. The minimum absolute atomic E-state index is 0.252. The van der Waals surface area contributed by atoms with Crippen LogP contribution in [0.4, 0.5) is 0 Å². The Labute approximate surface area is 173 Å². The monoisotopic (exact) mass is 404 g/mol. The molecule has 1 aliphatic heterocycles. The van der Waals surface area contributed by atoms with Gasteiger partial charge in [0.15, 0.2) is 18.1 Å². The summed E-state index contributed by atoms with van der Waals surface area (Å²) in [7, 11) is 0. The number of hydrogen-bond donors (Lipinski definition) is 1. The Kier molecular flexibility index (Phi) is 5.89. The highest BCUT2D eigenvalue weighted by Gasteiger charge is 2.21. The van der Waals surface area contributed by atoms with Crippen molar-refractivity contribution in [1.82, 2.24) is 10.3 Å². The minimum Gasteiger partial charge on any atom is -0.486 e. The molecule has 1 amide bonds. The van der Waals surface area contributed by atoms with Gasteiger partial charge in [-0.1, -0.05) is 36.4 Å². The number of benzene rings is 2. The molecule has 0 aliphatic carbocycles. The summed E-state index contributed by atoms with van der Waals surface area (Å²) in [6.07, 6.45) is 2.50. The number of para-hydroxylation sites is 3. The summed E-state index contributed by atoms with van der Waals surface area (Å²) < 4.78 is 16.3. The average Bonchev–Trinajstić information content (AvgIpc) is 2.79. The molecular weight excluding hydrogens is 384 g/mol. The molecule has 0 spiro atoms. The third-order valence-electron chi connectivity index (χ3n) is 4.45. The molecule has 0 saturated heterocycles. The second kappa shape index (κ2) is 9.09. The van der Waals surface area contributed by atoms with Crippen LogP contribution >= 0.6 is 0 Å². The number of rotatable bonds is 6. The van der Waals surface area contributed by atoms with E-state index in [4.69, 9.17) is 14.2 Å². The summed E-state index contributed by atoms with van der Waals surface area (Å²) in [6, 6.07) is 18.8. The van der Waals surface area contributed by atoms with E-state index in [1.165, 1.54) is 6.08 Å². The predicted octanol–water partition coefficient (Wildman–Crippen LogP) is 2.75. The molecule has 3 aromatic rings. The van der Waals surface area contributed by atoms with Crippen molar-refractivity contribution in [2.24, 2.45) is 0 Å². The fraction of sp³-hybridized carbons (Fsp3) is 0.174. The Bertz CT molecular complexity index is 1100. The van der Waals surface area contributed by atoms with Crippen molar-refractivity contribution >= 4 is 28.9 Å². The summed E-state index contributed by atoms with van der Waals surface area (Å²) in [5, 5.41) is 3.69. The Hall–Kier alpha value is -3.87. The van der Waals surface area contributed by atoms with Gasteiger partial charge in [0.25, 0.3) is 5.91 Å². The van der Waals surface area contributed by atoms with E-state index in [0.717, 1.165) is 10.9 Å². The number of carbonyl (C=O) groups excluding carboxylic acids is 2. The van der Waals surface area contributed by atoms with Crippen LogP contribution in [-0.2, 0) is 14.3 Å². The van der Waals surface area contributed by atoms with Gasteiger partial charge in [0.2, 0.25) is 0 Å². The summed E-state index contributed by atoms with van der Waals surface area (Å²) in [6.45, 7) is 0.207. The van der Waals surface area contributed by atoms with Crippen LogP contribution in [0.3, 0.4) is 0 Å². The molecule has 7 nitrogen and oxygen atoms in total. The SMILES string of the molecule is O=C(COC(=O)C=Cc1ccc2ccccc2n1)NCC1COc2ccccc2O1. The lowest BCUT2D eigenvalue weighted by molar-refractivity contribution is -0.143. The van der Waals surface area contributed by atoms with Crippen molar-refractivity contribution in [1.29, 1.82) is 0 Å². The molecule has 30 heavy (non-hydrogen) atoms. The van der Waals surface area contributed by atoms with E-state index >= 15 is 0 Å². The summed E-state index contributed by atoms with van der Waals surface area (Å²) in [5.74, 6) is 0.290. The Morgan fingerprint density at radius 1 is 1.07 bits per heavy atom. The lowest BCUT2D eigenvalue weighted by Gasteiger charge is -2.26. The van der Waals surface area contributed by atoms with Crippen LogP contribution in [0.25, 0.3) is 17.0 Å². The molecule has 1 unspecified atom stereocenters. The first kappa shape index (κ1) is 19.4. The van der Waals surface area contributed by atoms with Crippen molar-refractivity contribution in [3.63, 3.8) is 0 Å². The van der Waals surface area contributed by atoms with Gasteiger partial charge in [-0.2, -0.15) is 0 Å². The van der Waals surface area contributed by atoms with Crippen molar-refractivity contribution in [3.8, 4) is 11.5 Å². The van der Waals surface area contributed by atoms with Gasteiger partial charge in [-0.3, -0.25) is 4.79 Å². The number of aromatic nitrogens is 1. The lowest BCUT2D eigenvalue weighted by atomic mass is 10.2. The van der Waals surface area contributed by atoms with E-state index in [2.05, 4.69) is 10.3 Å². The molecule has 152 valence electrons. The van der Waals surface area contributed by atoms with Gasteiger partial charge >= 0.3 is 5.97 Å². The van der Waals surface area contributed by atoms with Gasteiger partial charge in [-0.25, -0.2) is 9.78 Å². The number of pyridine rings is 1. The number of carbonyl (C=O) groups is 2. The van der Waals surface area contributed by atoms with Crippen LogP contribution in [0.15, 0.2) is 66.7 Å². The fourth-order valence-electron chi connectivity index (χ4n) is 2.96. The van der Waals surface area contributed by atoms with Gasteiger partial charge in [-0.05, 0) is 30.3 Å². The lowest BCUT2D eigenvalue weighted by Crippen LogP contribution is -2.42. The molecule has 0 bridgehead atoms. The number of nitrogens with zero attached hydrogens (tertiary/aromatic N) is 1. The molecule has 2 aromatic carbocycles. The first-order valence-electron chi connectivity index (χ1n) is 9.53. The van der Waals surface area contributed by atoms with Crippen LogP contribution in [0.5, 0.6) is 11.5 Å². The second-order valence-corrected chi connectivity index (χ2v) is 6.67. The van der Waals surface area contributed by atoms with Crippen LogP contribution < -0.4 is 14.8 Å². The molecule has 7 heteroatoms. The molecule has 1 N–H and O–H groups in total. The number of fused-ring (bicyclic) bond motifs is 2. The van der Waals surface area contributed by atoms with Gasteiger partial charge in [0, 0.05) is 11.5 Å². The van der Waals surface area contributed by atoms with E-state index in [-0.39, 0.29) is 19.3 Å². The molecule has 1 aliphatic rings.